The molecule has 0 saturated carbocycles. The van der Waals surface area contributed by atoms with Gasteiger partial charge in [-0.25, -0.2) is 9.69 Å². The van der Waals surface area contributed by atoms with Crippen LogP contribution in [0.1, 0.15) is 5.56 Å². The van der Waals surface area contributed by atoms with Crippen molar-refractivity contribution in [2.75, 3.05) is 18.0 Å². The van der Waals surface area contributed by atoms with Gasteiger partial charge >= 0.3 is 6.03 Å². The third-order valence-corrected chi connectivity index (χ3v) is 4.69. The van der Waals surface area contributed by atoms with Crippen LogP contribution in [0.3, 0.4) is 0 Å². The van der Waals surface area contributed by atoms with E-state index in [2.05, 4.69) is 10.3 Å². The number of nitro benzene ring substituents is 1. The summed E-state index contributed by atoms with van der Waals surface area (Å²) in [6.07, 6.45) is 6.83. The number of pyridine rings is 1. The van der Waals surface area contributed by atoms with Gasteiger partial charge in [0.2, 0.25) is 0 Å². The van der Waals surface area contributed by atoms with Crippen LogP contribution in [0.2, 0.25) is 0 Å². The molecule has 0 saturated heterocycles. The third-order valence-electron chi connectivity index (χ3n) is 4.69. The van der Waals surface area contributed by atoms with E-state index in [-0.39, 0.29) is 36.9 Å². The Hall–Kier alpha value is -3.27. The summed E-state index contributed by atoms with van der Waals surface area (Å²) in [5, 5.41) is 27.9. The number of quaternary nitrogens is 1. The van der Waals surface area contributed by atoms with Crippen molar-refractivity contribution >= 4 is 29.8 Å². The fourth-order valence-electron chi connectivity index (χ4n) is 3.41. The predicted molar refractivity (Wildman–Crippen MR) is 109 cm³/mol. The summed E-state index contributed by atoms with van der Waals surface area (Å²) in [7, 11) is 0. The number of anilines is 1. The second-order valence-electron chi connectivity index (χ2n) is 6.61. The van der Waals surface area contributed by atoms with Crippen LogP contribution >= 0.6 is 12.4 Å². The molecule has 1 atom stereocenters. The first-order valence-electron chi connectivity index (χ1n) is 8.68. The minimum Gasteiger partial charge on any atom is -0.623 e. The molecule has 1 unspecified atom stereocenters. The van der Waals surface area contributed by atoms with Crippen molar-refractivity contribution in [3.8, 4) is 0 Å². The summed E-state index contributed by atoms with van der Waals surface area (Å²) >= 11 is 0. The summed E-state index contributed by atoms with van der Waals surface area (Å²) in [5.74, 6) is 0.493. The van der Waals surface area contributed by atoms with Gasteiger partial charge in [-0.2, -0.15) is 0 Å². The van der Waals surface area contributed by atoms with E-state index < -0.39 is 15.6 Å². The van der Waals surface area contributed by atoms with Crippen molar-refractivity contribution in [2.24, 2.45) is 0 Å². The zero-order chi connectivity index (χ0) is 19.7. The topological polar surface area (TPSA) is 111 Å². The van der Waals surface area contributed by atoms with Crippen LogP contribution in [0.25, 0.3) is 0 Å². The number of hydroxylamine groups is 3. The number of aromatic nitrogens is 1. The first kappa shape index (κ1) is 20.5. The zero-order valence-electron chi connectivity index (χ0n) is 15.2. The molecule has 2 amide bonds. The molecule has 2 aromatic rings. The zero-order valence-corrected chi connectivity index (χ0v) is 16.0. The Morgan fingerprint density at radius 2 is 2.00 bits per heavy atom. The highest BCUT2D eigenvalue weighted by Crippen LogP contribution is 2.34. The molecule has 0 aliphatic carbocycles. The molecule has 1 N–H and O–H groups in total. The average Bonchev–Trinajstić information content (AvgIpc) is 2.70. The number of halogens is 1. The molecule has 1 aromatic heterocycles. The second kappa shape index (κ2) is 8.00. The van der Waals surface area contributed by atoms with E-state index in [1.807, 2.05) is 12.2 Å². The number of amides is 2. The highest BCUT2D eigenvalue weighted by Gasteiger charge is 2.43. The average molecular weight is 416 g/mol. The van der Waals surface area contributed by atoms with Crippen LogP contribution in [0, 0.1) is 15.3 Å². The van der Waals surface area contributed by atoms with E-state index in [0.29, 0.717) is 23.5 Å². The van der Waals surface area contributed by atoms with Gasteiger partial charge in [0.05, 0.1) is 10.6 Å². The first-order valence-corrected chi connectivity index (χ1v) is 8.68. The molecule has 29 heavy (non-hydrogen) atoms. The Morgan fingerprint density at radius 3 is 2.72 bits per heavy atom. The number of rotatable bonds is 4. The van der Waals surface area contributed by atoms with Gasteiger partial charge in [-0.05, 0) is 18.2 Å². The number of hydrogen-bond donors (Lipinski definition) is 1. The van der Waals surface area contributed by atoms with Gasteiger partial charge in [-0.15, -0.1) is 12.4 Å². The number of nitro groups is 1. The van der Waals surface area contributed by atoms with Gasteiger partial charge in [-0.1, -0.05) is 18.2 Å². The molecular formula is C19H18ClN5O4. The van der Waals surface area contributed by atoms with Gasteiger partial charge in [0.25, 0.3) is 5.69 Å². The summed E-state index contributed by atoms with van der Waals surface area (Å²) < 4.78 is -1.13. The van der Waals surface area contributed by atoms with Crippen LogP contribution < -0.4 is 10.2 Å². The quantitative estimate of drug-likeness (QED) is 0.355. The van der Waals surface area contributed by atoms with Crippen LogP contribution in [-0.2, 0) is 6.54 Å². The number of hydrogen-bond acceptors (Lipinski definition) is 6. The van der Waals surface area contributed by atoms with E-state index in [1.54, 1.807) is 30.6 Å². The van der Waals surface area contributed by atoms with Gasteiger partial charge in [-0.3, -0.25) is 19.7 Å². The van der Waals surface area contributed by atoms with Crippen molar-refractivity contribution in [1.29, 1.82) is 0 Å². The largest absolute Gasteiger partial charge is 0.623 e. The summed E-state index contributed by atoms with van der Waals surface area (Å²) in [6.45, 7) is 0.420. The molecule has 0 bridgehead atoms. The van der Waals surface area contributed by atoms with Gasteiger partial charge < -0.3 is 10.5 Å². The molecule has 2 aliphatic rings. The molecule has 9 nitrogen and oxygen atoms in total. The first-order chi connectivity index (χ1) is 13.5. The monoisotopic (exact) mass is 415 g/mol. The number of non-ortho nitro benzene ring substituents is 1. The van der Waals surface area contributed by atoms with E-state index in [0.717, 1.165) is 0 Å². The summed E-state index contributed by atoms with van der Waals surface area (Å²) in [6, 6.07) is 8.42. The molecule has 2 aliphatic heterocycles. The molecule has 0 spiro atoms. The maximum Gasteiger partial charge on any atom is 0.429 e. The normalized spacial score (nSPS) is 20.6. The fraction of sp³-hybridized carbons (Fsp3) is 0.158. The Morgan fingerprint density at radius 1 is 1.24 bits per heavy atom. The molecule has 150 valence electrons. The molecule has 3 heterocycles. The minimum absolute atomic E-state index is 0. The lowest BCUT2D eigenvalue weighted by Crippen LogP contribution is -2.60. The highest BCUT2D eigenvalue weighted by molar-refractivity contribution is 5.93. The molecule has 1 aromatic carbocycles. The number of nitrogens with zero attached hydrogens (tertiary/aromatic N) is 4. The van der Waals surface area contributed by atoms with E-state index in [4.69, 9.17) is 0 Å². The van der Waals surface area contributed by atoms with Gasteiger partial charge in [0.1, 0.15) is 18.9 Å². The minimum atomic E-state index is -1.13. The van der Waals surface area contributed by atoms with Crippen molar-refractivity contribution in [3.05, 3.63) is 93.2 Å². The van der Waals surface area contributed by atoms with Crippen molar-refractivity contribution < 1.29 is 14.4 Å². The standard InChI is InChI=1S/C19H17N5O4.ClH/c25-19-22(16-4-1-5-17(11-16)23(26)27)18-15(3-2-8-21-18)13-24(19,28)12-14-6-9-20-10-7-14;/h1-7,9-11,21H,8,12-13H2;1H. The summed E-state index contributed by atoms with van der Waals surface area (Å²) in [4.78, 5) is 29.1. The number of carbonyl (C=O) groups is 1. The lowest BCUT2D eigenvalue weighted by atomic mass is 10.1. The second-order valence-corrected chi connectivity index (χ2v) is 6.61. The molecule has 0 radical (unpaired) electrons. The Bertz CT molecular complexity index is 1010. The number of benzene rings is 1. The SMILES string of the molecule is Cl.O=C1N(c2cccc([N+](=O)[O-])c2)C2=C(C=CCN2)C[N+]1([O-])Cc1ccncc1. The predicted octanol–water partition coefficient (Wildman–Crippen LogP) is 3.24. The highest BCUT2D eigenvalue weighted by atomic mass is 35.5. The lowest BCUT2D eigenvalue weighted by Gasteiger charge is -2.47. The number of dihydropyridines is 1. The van der Waals surface area contributed by atoms with Gasteiger partial charge in [0.15, 0.2) is 0 Å². The Labute approximate surface area is 172 Å². The van der Waals surface area contributed by atoms with E-state index in [1.165, 1.54) is 23.1 Å². The van der Waals surface area contributed by atoms with Crippen molar-refractivity contribution in [3.63, 3.8) is 0 Å². The van der Waals surface area contributed by atoms with Crippen LogP contribution in [-0.4, -0.2) is 33.7 Å². The molecule has 4 rings (SSSR count). The fourth-order valence-corrected chi connectivity index (χ4v) is 3.41. The maximum atomic E-state index is 13.6. The van der Waals surface area contributed by atoms with Crippen molar-refractivity contribution in [2.45, 2.75) is 6.54 Å². The van der Waals surface area contributed by atoms with Gasteiger partial charge in [0, 0.05) is 42.2 Å². The van der Waals surface area contributed by atoms with Crippen LogP contribution in [0.5, 0.6) is 0 Å². The third kappa shape index (κ3) is 3.83. The number of carbonyl (C=O) groups excluding carboxylic acids is 1. The lowest BCUT2D eigenvalue weighted by molar-refractivity contribution is -0.808. The smallest absolute Gasteiger partial charge is 0.429 e. The Kier molecular flexibility index (Phi) is 5.64. The Balaban J connectivity index is 0.00000240. The van der Waals surface area contributed by atoms with Crippen LogP contribution in [0.4, 0.5) is 16.2 Å². The number of urea groups is 1. The van der Waals surface area contributed by atoms with Crippen LogP contribution in [0.15, 0.2) is 72.3 Å². The van der Waals surface area contributed by atoms with E-state index in [9.17, 15) is 20.1 Å². The van der Waals surface area contributed by atoms with Crippen molar-refractivity contribution in [1.82, 2.24) is 10.3 Å². The summed E-state index contributed by atoms with van der Waals surface area (Å²) in [5.41, 5.74) is 1.50. The number of nitrogens with one attached hydrogen (secondary N) is 1. The van der Waals surface area contributed by atoms with E-state index >= 15 is 0 Å². The molecule has 10 heteroatoms. The molecular weight excluding hydrogens is 398 g/mol. The molecule has 0 fully saturated rings. The maximum absolute atomic E-state index is 13.6.